The molecule has 0 saturated heterocycles. The van der Waals surface area contributed by atoms with Gasteiger partial charge in [-0.3, -0.25) is 9.89 Å². The second kappa shape index (κ2) is 9.89. The molecule has 3 aromatic heterocycles. The molecule has 0 aliphatic rings. The third-order valence-electron chi connectivity index (χ3n) is 5.44. The molecule has 5 aromatic rings. The molecule has 0 bridgehead atoms. The highest BCUT2D eigenvalue weighted by Crippen LogP contribution is 2.43. The van der Waals surface area contributed by atoms with Crippen LogP contribution in [0.4, 0.5) is 13.2 Å². The van der Waals surface area contributed by atoms with Gasteiger partial charge in [-0.1, -0.05) is 64.9 Å². The maximum Gasteiger partial charge on any atom is 0.422 e. The summed E-state index contributed by atoms with van der Waals surface area (Å²) in [5.41, 5.74) is -0.693. The number of carbonyl (C=O) groups is 1. The molecule has 0 aliphatic carbocycles. The SMILES string of the molecule is Cc1nc(CNC(=O)C(O)c2ccc(-c3noc(-c4onc(-c5ccccc5)c4C(F)(F)F)n3)cc2)n[nH]1. The van der Waals surface area contributed by atoms with E-state index in [0.29, 0.717) is 17.2 Å². The second-order valence-corrected chi connectivity index (χ2v) is 8.10. The summed E-state index contributed by atoms with van der Waals surface area (Å²) in [5.74, 6) is -0.960. The number of rotatable bonds is 7. The molecular weight excluding hydrogens is 507 g/mol. The standard InChI is InChI=1S/C24H18F3N7O4/c1-12-29-16(32-31-12)11-28-22(36)19(35)14-7-9-15(10-8-14)21-30-23(38-34-21)20-17(24(25,26)27)18(33-37-20)13-5-3-2-4-6-13/h2-10,19,35H,11H2,1H3,(H,28,36)(H,29,31,32). The Labute approximate surface area is 211 Å². The highest BCUT2D eigenvalue weighted by atomic mass is 19.4. The molecule has 0 fully saturated rings. The first-order chi connectivity index (χ1) is 18.2. The summed E-state index contributed by atoms with van der Waals surface area (Å²) in [6.07, 6.45) is -6.29. The number of hydrogen-bond donors (Lipinski definition) is 3. The van der Waals surface area contributed by atoms with Crippen LogP contribution >= 0.6 is 0 Å². The van der Waals surface area contributed by atoms with Crippen LogP contribution in [0.1, 0.15) is 28.9 Å². The fraction of sp³-hybridized carbons (Fsp3) is 0.167. The van der Waals surface area contributed by atoms with E-state index in [0.717, 1.165) is 0 Å². The van der Waals surface area contributed by atoms with Crippen molar-refractivity contribution >= 4 is 5.91 Å². The number of nitrogens with zero attached hydrogens (tertiary/aromatic N) is 5. The minimum Gasteiger partial charge on any atom is -0.378 e. The summed E-state index contributed by atoms with van der Waals surface area (Å²) in [4.78, 5) is 20.4. The topological polar surface area (TPSA) is 156 Å². The Kier molecular flexibility index (Phi) is 6.46. The Morgan fingerprint density at radius 1 is 1.03 bits per heavy atom. The van der Waals surface area contributed by atoms with Crippen molar-refractivity contribution in [3.63, 3.8) is 0 Å². The molecule has 5 rings (SSSR count). The third kappa shape index (κ3) is 5.01. The van der Waals surface area contributed by atoms with Crippen LogP contribution in [0.15, 0.2) is 63.6 Å². The number of aliphatic hydroxyl groups excluding tert-OH is 1. The van der Waals surface area contributed by atoms with E-state index < -0.39 is 41.1 Å². The van der Waals surface area contributed by atoms with Crippen LogP contribution in [0, 0.1) is 6.92 Å². The van der Waals surface area contributed by atoms with Crippen molar-refractivity contribution in [2.24, 2.45) is 0 Å². The van der Waals surface area contributed by atoms with Gasteiger partial charge in [0.25, 0.3) is 11.8 Å². The van der Waals surface area contributed by atoms with Gasteiger partial charge in [0.1, 0.15) is 17.1 Å². The molecule has 1 amide bonds. The Hall–Kier alpha value is -4.85. The van der Waals surface area contributed by atoms with Gasteiger partial charge >= 0.3 is 6.18 Å². The summed E-state index contributed by atoms with van der Waals surface area (Å²) in [6.45, 7) is 1.74. The normalized spacial score (nSPS) is 12.4. The zero-order chi connectivity index (χ0) is 26.9. The van der Waals surface area contributed by atoms with E-state index in [1.54, 1.807) is 25.1 Å². The molecular formula is C24H18F3N7O4. The molecule has 0 saturated carbocycles. The summed E-state index contributed by atoms with van der Waals surface area (Å²) >= 11 is 0. The van der Waals surface area contributed by atoms with E-state index in [9.17, 15) is 23.1 Å². The molecule has 0 spiro atoms. The van der Waals surface area contributed by atoms with E-state index in [-0.39, 0.29) is 23.5 Å². The van der Waals surface area contributed by atoms with Crippen molar-refractivity contribution in [2.45, 2.75) is 25.7 Å². The largest absolute Gasteiger partial charge is 0.422 e. The number of nitrogens with one attached hydrogen (secondary N) is 2. The fourth-order valence-electron chi connectivity index (χ4n) is 3.62. The molecule has 0 aliphatic heterocycles. The lowest BCUT2D eigenvalue weighted by atomic mass is 10.1. The van der Waals surface area contributed by atoms with E-state index in [1.807, 2.05) is 0 Å². The number of benzene rings is 2. The molecule has 2 aromatic carbocycles. The molecule has 14 heteroatoms. The lowest BCUT2D eigenvalue weighted by Gasteiger charge is -2.11. The number of hydrogen-bond acceptors (Lipinski definition) is 9. The number of H-pyrrole nitrogens is 1. The van der Waals surface area contributed by atoms with Crippen molar-refractivity contribution < 1.29 is 32.1 Å². The molecule has 3 heterocycles. The van der Waals surface area contributed by atoms with Gasteiger partial charge in [-0.15, -0.1) is 0 Å². The number of alkyl halides is 3. The molecule has 38 heavy (non-hydrogen) atoms. The van der Waals surface area contributed by atoms with Crippen molar-refractivity contribution in [1.29, 1.82) is 0 Å². The van der Waals surface area contributed by atoms with Crippen LogP contribution in [0.25, 0.3) is 34.3 Å². The number of aliphatic hydroxyl groups is 1. The number of aromatic amines is 1. The second-order valence-electron chi connectivity index (χ2n) is 8.10. The number of aryl methyl sites for hydroxylation is 1. The Bertz CT molecular complexity index is 1560. The maximum absolute atomic E-state index is 13.9. The zero-order valence-electron chi connectivity index (χ0n) is 19.5. The third-order valence-corrected chi connectivity index (χ3v) is 5.44. The minimum absolute atomic E-state index is 0.0253. The molecule has 0 radical (unpaired) electrons. The number of amides is 1. The molecule has 3 N–H and O–H groups in total. The van der Waals surface area contributed by atoms with Crippen LogP contribution in [-0.2, 0) is 17.5 Å². The van der Waals surface area contributed by atoms with Crippen LogP contribution in [-0.4, -0.2) is 41.5 Å². The lowest BCUT2D eigenvalue weighted by molar-refractivity contribution is -0.137. The highest BCUT2D eigenvalue weighted by Gasteiger charge is 2.43. The first-order valence-electron chi connectivity index (χ1n) is 11.1. The van der Waals surface area contributed by atoms with Crippen molar-refractivity contribution in [2.75, 3.05) is 0 Å². The first kappa shape index (κ1) is 24.8. The molecule has 1 unspecified atom stereocenters. The highest BCUT2D eigenvalue weighted by molar-refractivity contribution is 5.82. The lowest BCUT2D eigenvalue weighted by Crippen LogP contribution is -2.29. The van der Waals surface area contributed by atoms with Crippen molar-refractivity contribution in [1.82, 2.24) is 35.8 Å². The average Bonchev–Trinajstić information content (AvgIpc) is 3.66. The summed E-state index contributed by atoms with van der Waals surface area (Å²) in [5, 5.41) is 26.8. The summed E-state index contributed by atoms with van der Waals surface area (Å²) < 4.78 is 51.8. The maximum atomic E-state index is 13.9. The monoisotopic (exact) mass is 525 g/mol. The van der Waals surface area contributed by atoms with Crippen molar-refractivity contribution in [3.05, 3.63) is 77.4 Å². The van der Waals surface area contributed by atoms with Gasteiger partial charge in [0.05, 0.1) is 6.54 Å². The number of carbonyl (C=O) groups excluding carboxylic acids is 1. The predicted octanol–water partition coefficient (Wildman–Crippen LogP) is 3.85. The van der Waals surface area contributed by atoms with Crippen LogP contribution in [0.5, 0.6) is 0 Å². The number of halogens is 3. The van der Waals surface area contributed by atoms with Gasteiger partial charge in [0, 0.05) is 11.1 Å². The molecule has 194 valence electrons. The van der Waals surface area contributed by atoms with Gasteiger partial charge in [-0.2, -0.15) is 23.3 Å². The van der Waals surface area contributed by atoms with Crippen LogP contribution < -0.4 is 5.32 Å². The average molecular weight is 525 g/mol. The minimum atomic E-state index is -4.81. The quantitative estimate of drug-likeness (QED) is 0.287. The zero-order valence-corrected chi connectivity index (χ0v) is 19.5. The van der Waals surface area contributed by atoms with Crippen LogP contribution in [0.3, 0.4) is 0 Å². The first-order valence-corrected chi connectivity index (χ1v) is 11.1. The Morgan fingerprint density at radius 2 is 1.76 bits per heavy atom. The van der Waals surface area contributed by atoms with E-state index in [1.165, 1.54) is 36.4 Å². The van der Waals surface area contributed by atoms with E-state index in [2.05, 4.69) is 35.8 Å². The Morgan fingerprint density at radius 3 is 2.42 bits per heavy atom. The number of aromatic nitrogens is 6. The van der Waals surface area contributed by atoms with Gasteiger partial charge in [0.2, 0.25) is 11.6 Å². The van der Waals surface area contributed by atoms with E-state index in [4.69, 9.17) is 9.05 Å². The fourth-order valence-corrected chi connectivity index (χ4v) is 3.62. The molecule has 11 nitrogen and oxygen atoms in total. The van der Waals surface area contributed by atoms with Crippen LogP contribution in [0.2, 0.25) is 0 Å². The molecule has 1 atom stereocenters. The van der Waals surface area contributed by atoms with Gasteiger partial charge in [0.15, 0.2) is 11.9 Å². The van der Waals surface area contributed by atoms with Gasteiger partial charge < -0.3 is 19.5 Å². The van der Waals surface area contributed by atoms with E-state index >= 15 is 0 Å². The summed E-state index contributed by atoms with van der Waals surface area (Å²) in [6, 6.07) is 13.7. The Balaban J connectivity index is 1.34. The predicted molar refractivity (Wildman–Crippen MR) is 124 cm³/mol. The summed E-state index contributed by atoms with van der Waals surface area (Å²) in [7, 11) is 0. The van der Waals surface area contributed by atoms with Gasteiger partial charge in [-0.25, -0.2) is 4.98 Å². The van der Waals surface area contributed by atoms with Gasteiger partial charge in [-0.05, 0) is 12.5 Å². The smallest absolute Gasteiger partial charge is 0.378 e. The van der Waals surface area contributed by atoms with Crippen molar-refractivity contribution in [3.8, 4) is 34.3 Å².